The normalized spacial score (nSPS) is 17.8. The van der Waals surface area contributed by atoms with Gasteiger partial charge in [-0.2, -0.15) is 0 Å². The molecule has 202 valence electrons. The minimum Gasteiger partial charge on any atom is -0.314 e. The molecule has 3 aliphatic rings. The van der Waals surface area contributed by atoms with Crippen molar-refractivity contribution in [2.75, 3.05) is 26.2 Å². The van der Waals surface area contributed by atoms with Crippen LogP contribution >= 0.6 is 0 Å². The zero-order chi connectivity index (χ0) is 27.6. The zero-order valence-corrected chi connectivity index (χ0v) is 25.1. The molecule has 0 unspecified atom stereocenters. The molecule has 2 aromatic rings. The molecular formula is C33H44N4O. The van der Waals surface area contributed by atoms with Crippen LogP contribution in [0.4, 0.5) is 0 Å². The summed E-state index contributed by atoms with van der Waals surface area (Å²) in [6.07, 6.45) is 0.899. The Balaban J connectivity index is 1.47. The second-order valence-corrected chi connectivity index (χ2v) is 11.8. The van der Waals surface area contributed by atoms with Crippen molar-refractivity contribution in [2.24, 2.45) is 4.99 Å². The number of rotatable bonds is 4. The van der Waals surface area contributed by atoms with Crippen LogP contribution in [0, 0.1) is 69.2 Å². The van der Waals surface area contributed by atoms with E-state index in [-0.39, 0.29) is 5.91 Å². The molecule has 5 nitrogen and oxygen atoms in total. The van der Waals surface area contributed by atoms with Crippen molar-refractivity contribution in [3.05, 3.63) is 78.0 Å². The molecule has 0 radical (unpaired) electrons. The SMILES string of the molecule is Cc1c(C)c(C)c(CN2CCC3=C(C2)C(=O)N(Cc2c(C)c(C)c(C)c(C)c2C)C2=NCCN23)c(C)c1C. The number of hydrogen-bond acceptors (Lipinski definition) is 4. The van der Waals surface area contributed by atoms with Gasteiger partial charge in [-0.25, -0.2) is 0 Å². The Kier molecular flexibility index (Phi) is 6.79. The van der Waals surface area contributed by atoms with Crippen LogP contribution in [0.25, 0.3) is 0 Å². The second kappa shape index (κ2) is 9.68. The van der Waals surface area contributed by atoms with Crippen molar-refractivity contribution in [3.63, 3.8) is 0 Å². The molecule has 1 amide bonds. The van der Waals surface area contributed by atoms with E-state index in [2.05, 4.69) is 79.0 Å². The van der Waals surface area contributed by atoms with Gasteiger partial charge in [-0.3, -0.25) is 19.6 Å². The van der Waals surface area contributed by atoms with E-state index >= 15 is 0 Å². The summed E-state index contributed by atoms with van der Waals surface area (Å²) in [6, 6.07) is 0. The van der Waals surface area contributed by atoms with Gasteiger partial charge in [0.1, 0.15) is 0 Å². The molecule has 38 heavy (non-hydrogen) atoms. The van der Waals surface area contributed by atoms with Crippen LogP contribution in [0.2, 0.25) is 0 Å². The van der Waals surface area contributed by atoms with Crippen molar-refractivity contribution in [2.45, 2.75) is 88.7 Å². The van der Waals surface area contributed by atoms with Gasteiger partial charge in [0.2, 0.25) is 5.96 Å². The highest BCUT2D eigenvalue weighted by molar-refractivity contribution is 6.10. The van der Waals surface area contributed by atoms with E-state index < -0.39 is 0 Å². The summed E-state index contributed by atoms with van der Waals surface area (Å²) < 4.78 is 0. The predicted octanol–water partition coefficient (Wildman–Crippen LogP) is 5.94. The van der Waals surface area contributed by atoms with Gasteiger partial charge in [0.05, 0.1) is 18.7 Å². The zero-order valence-electron chi connectivity index (χ0n) is 25.1. The molecule has 3 heterocycles. The quantitative estimate of drug-likeness (QED) is 0.509. The summed E-state index contributed by atoms with van der Waals surface area (Å²) >= 11 is 0. The van der Waals surface area contributed by atoms with Gasteiger partial charge in [0.25, 0.3) is 5.91 Å². The molecule has 0 aromatic heterocycles. The van der Waals surface area contributed by atoms with E-state index in [0.29, 0.717) is 13.1 Å². The molecule has 0 spiro atoms. The third-order valence-electron chi connectivity index (χ3n) is 10.3. The molecule has 0 aliphatic carbocycles. The molecular weight excluding hydrogens is 468 g/mol. The molecule has 0 N–H and O–H groups in total. The summed E-state index contributed by atoms with van der Waals surface area (Å²) in [5, 5.41) is 0. The number of nitrogens with zero attached hydrogens (tertiary/aromatic N) is 4. The van der Waals surface area contributed by atoms with Crippen molar-refractivity contribution in [3.8, 4) is 0 Å². The van der Waals surface area contributed by atoms with Crippen LogP contribution in [-0.4, -0.2) is 52.7 Å². The molecule has 0 fully saturated rings. The van der Waals surface area contributed by atoms with E-state index in [1.54, 1.807) is 0 Å². The molecule has 2 aromatic carbocycles. The lowest BCUT2D eigenvalue weighted by Gasteiger charge is -2.42. The number of benzene rings is 2. The summed E-state index contributed by atoms with van der Waals surface area (Å²) in [6.45, 7) is 27.0. The number of hydrogen-bond donors (Lipinski definition) is 0. The number of amides is 1. The van der Waals surface area contributed by atoms with Crippen LogP contribution < -0.4 is 0 Å². The van der Waals surface area contributed by atoms with Gasteiger partial charge >= 0.3 is 0 Å². The summed E-state index contributed by atoms with van der Waals surface area (Å²) in [4.78, 5) is 25.8. The van der Waals surface area contributed by atoms with E-state index in [4.69, 9.17) is 4.99 Å². The average molecular weight is 513 g/mol. The Morgan fingerprint density at radius 3 is 1.63 bits per heavy atom. The van der Waals surface area contributed by atoms with Gasteiger partial charge in [0.15, 0.2) is 0 Å². The fourth-order valence-electron chi connectivity index (χ4n) is 6.76. The molecule has 5 heteroatoms. The minimum atomic E-state index is 0.140. The van der Waals surface area contributed by atoms with Crippen molar-refractivity contribution in [1.29, 1.82) is 0 Å². The smallest absolute Gasteiger partial charge is 0.259 e. The lowest BCUT2D eigenvalue weighted by Crippen LogP contribution is -2.53. The Morgan fingerprint density at radius 2 is 1.11 bits per heavy atom. The van der Waals surface area contributed by atoms with Crippen LogP contribution in [0.3, 0.4) is 0 Å². The number of carbonyl (C=O) groups excluding carboxylic acids is 1. The van der Waals surface area contributed by atoms with Crippen molar-refractivity contribution in [1.82, 2.24) is 14.7 Å². The van der Waals surface area contributed by atoms with Gasteiger partial charge in [-0.05, 0) is 136 Å². The van der Waals surface area contributed by atoms with Gasteiger partial charge in [-0.15, -0.1) is 0 Å². The number of guanidine groups is 1. The molecule has 0 saturated heterocycles. The Hall–Kier alpha value is -2.92. The van der Waals surface area contributed by atoms with Crippen LogP contribution in [-0.2, 0) is 17.9 Å². The van der Waals surface area contributed by atoms with Gasteiger partial charge < -0.3 is 4.90 Å². The van der Waals surface area contributed by atoms with E-state index in [0.717, 1.165) is 44.1 Å². The fourth-order valence-corrected chi connectivity index (χ4v) is 6.76. The lowest BCUT2D eigenvalue weighted by molar-refractivity contribution is -0.125. The predicted molar refractivity (Wildman–Crippen MR) is 157 cm³/mol. The second-order valence-electron chi connectivity index (χ2n) is 11.8. The highest BCUT2D eigenvalue weighted by Crippen LogP contribution is 2.35. The first kappa shape index (κ1) is 26.7. The van der Waals surface area contributed by atoms with Gasteiger partial charge in [0, 0.05) is 38.3 Å². The number of carbonyl (C=O) groups is 1. The molecule has 5 rings (SSSR count). The lowest BCUT2D eigenvalue weighted by atomic mass is 9.88. The van der Waals surface area contributed by atoms with Gasteiger partial charge in [-0.1, -0.05) is 0 Å². The fraction of sp³-hybridized carbons (Fsp3) is 0.515. The maximum atomic E-state index is 14.2. The Labute approximate surface area is 229 Å². The third kappa shape index (κ3) is 4.02. The first-order valence-electron chi connectivity index (χ1n) is 14.1. The molecule has 3 aliphatic heterocycles. The Bertz CT molecular complexity index is 1370. The van der Waals surface area contributed by atoms with E-state index in [9.17, 15) is 4.79 Å². The maximum Gasteiger partial charge on any atom is 0.259 e. The highest BCUT2D eigenvalue weighted by Gasteiger charge is 2.41. The van der Waals surface area contributed by atoms with Crippen LogP contribution in [0.1, 0.15) is 73.2 Å². The topological polar surface area (TPSA) is 39.2 Å². The summed E-state index contributed by atoms with van der Waals surface area (Å²) in [5.41, 5.74) is 18.4. The summed E-state index contributed by atoms with van der Waals surface area (Å²) in [5.74, 6) is 0.995. The minimum absolute atomic E-state index is 0.140. The van der Waals surface area contributed by atoms with Crippen molar-refractivity contribution < 1.29 is 4.79 Å². The first-order chi connectivity index (χ1) is 17.9. The Morgan fingerprint density at radius 1 is 0.632 bits per heavy atom. The third-order valence-corrected chi connectivity index (χ3v) is 10.3. The van der Waals surface area contributed by atoms with E-state index in [1.165, 1.54) is 72.5 Å². The standard InChI is InChI=1S/C33H44N4O/c1-18-20(3)24(7)28(25(8)21(18)4)15-35-13-11-31-30(16-35)32(38)37(33-34-12-14-36(31)33)17-29-26(9)22(5)19(2)23(6)27(29)10/h11-17H2,1-10H3. The average Bonchev–Trinajstić information content (AvgIpc) is 3.40. The van der Waals surface area contributed by atoms with E-state index in [1.807, 2.05) is 4.90 Å². The van der Waals surface area contributed by atoms with Crippen LogP contribution in [0.5, 0.6) is 0 Å². The number of aliphatic imine (C=N–C) groups is 1. The summed E-state index contributed by atoms with van der Waals surface area (Å²) in [7, 11) is 0. The monoisotopic (exact) mass is 512 g/mol. The first-order valence-corrected chi connectivity index (χ1v) is 14.1. The molecule has 0 saturated carbocycles. The molecule has 0 atom stereocenters. The maximum absolute atomic E-state index is 14.2. The highest BCUT2D eigenvalue weighted by atomic mass is 16.2. The largest absolute Gasteiger partial charge is 0.314 e. The van der Waals surface area contributed by atoms with Crippen molar-refractivity contribution >= 4 is 11.9 Å². The van der Waals surface area contributed by atoms with Crippen LogP contribution in [0.15, 0.2) is 16.3 Å². The molecule has 0 bridgehead atoms. The number of fused-ring (bicyclic) bond motifs is 2.